The normalized spacial score (nSPS) is 17.2. The third-order valence-electron chi connectivity index (χ3n) is 4.80. The zero-order valence-electron chi connectivity index (χ0n) is 18.2. The minimum atomic E-state index is -0.462. The van der Waals surface area contributed by atoms with Crippen LogP contribution < -0.4 is 4.90 Å². The van der Waals surface area contributed by atoms with Crippen LogP contribution in [0.3, 0.4) is 0 Å². The molecule has 0 unspecified atom stereocenters. The molecule has 1 aliphatic heterocycles. The zero-order valence-corrected chi connectivity index (χ0v) is 18.2. The van der Waals surface area contributed by atoms with E-state index in [0.717, 1.165) is 11.5 Å². The lowest BCUT2D eigenvalue weighted by Crippen LogP contribution is -2.36. The molecular weight excluding hydrogens is 358 g/mol. The standard InChI is InChI=1S/C20H33N5O3/c1-20(2,3)19(27)24(6)13-16-21-15(11-17(22-16)23(4)5)14-10-18(26)25(12-14)8-9-28-7/h11,14H,8-10,12-13H2,1-7H3/t14-/m1/s1. The van der Waals surface area contributed by atoms with Crippen LogP contribution >= 0.6 is 0 Å². The van der Waals surface area contributed by atoms with Crippen LogP contribution in [-0.2, 0) is 20.9 Å². The smallest absolute Gasteiger partial charge is 0.228 e. The molecule has 1 aliphatic rings. The van der Waals surface area contributed by atoms with Crippen molar-refractivity contribution in [3.8, 4) is 0 Å². The van der Waals surface area contributed by atoms with Crippen LogP contribution in [0.5, 0.6) is 0 Å². The van der Waals surface area contributed by atoms with Crippen molar-refractivity contribution in [3.05, 3.63) is 17.6 Å². The van der Waals surface area contributed by atoms with E-state index in [1.54, 1.807) is 19.1 Å². The second kappa shape index (κ2) is 8.86. The largest absolute Gasteiger partial charge is 0.383 e. The Morgan fingerprint density at radius 1 is 1.29 bits per heavy atom. The highest BCUT2D eigenvalue weighted by molar-refractivity contribution is 5.81. The predicted octanol–water partition coefficient (Wildman–Crippen LogP) is 1.51. The number of carbonyl (C=O) groups is 2. The summed E-state index contributed by atoms with van der Waals surface area (Å²) in [5.41, 5.74) is 0.384. The summed E-state index contributed by atoms with van der Waals surface area (Å²) in [7, 11) is 7.24. The van der Waals surface area contributed by atoms with Crippen LogP contribution in [0.4, 0.5) is 5.82 Å². The van der Waals surface area contributed by atoms with E-state index in [-0.39, 0.29) is 17.7 Å². The van der Waals surface area contributed by atoms with Gasteiger partial charge in [0.25, 0.3) is 0 Å². The molecule has 0 saturated carbocycles. The number of rotatable bonds is 7. The first kappa shape index (κ1) is 22.1. The summed E-state index contributed by atoms with van der Waals surface area (Å²) in [6.07, 6.45) is 0.434. The fraction of sp³-hybridized carbons (Fsp3) is 0.700. The summed E-state index contributed by atoms with van der Waals surface area (Å²) in [4.78, 5) is 39.5. The Kier molecular flexibility index (Phi) is 6.98. The Hall–Kier alpha value is -2.22. The van der Waals surface area contributed by atoms with Crippen molar-refractivity contribution >= 4 is 17.6 Å². The number of amides is 2. The van der Waals surface area contributed by atoms with Gasteiger partial charge in [0, 0.05) is 65.2 Å². The molecule has 1 aromatic rings. The lowest BCUT2D eigenvalue weighted by Gasteiger charge is -2.26. The third kappa shape index (κ3) is 5.41. The van der Waals surface area contributed by atoms with Gasteiger partial charge in [0.15, 0.2) is 0 Å². The number of methoxy groups -OCH3 is 1. The van der Waals surface area contributed by atoms with E-state index in [1.165, 1.54) is 0 Å². The van der Waals surface area contributed by atoms with E-state index in [4.69, 9.17) is 9.72 Å². The van der Waals surface area contributed by atoms with Crippen molar-refractivity contribution in [3.63, 3.8) is 0 Å². The Labute approximate surface area is 167 Å². The number of likely N-dealkylation sites (tertiary alicyclic amines) is 1. The number of aromatic nitrogens is 2. The van der Waals surface area contributed by atoms with Crippen LogP contribution in [0.1, 0.15) is 44.6 Å². The monoisotopic (exact) mass is 391 g/mol. The van der Waals surface area contributed by atoms with Crippen molar-refractivity contribution in [2.24, 2.45) is 5.41 Å². The molecule has 2 amide bonds. The fourth-order valence-corrected chi connectivity index (χ4v) is 3.26. The maximum atomic E-state index is 12.5. The summed E-state index contributed by atoms with van der Waals surface area (Å²) in [5.74, 6) is 1.54. The highest BCUT2D eigenvalue weighted by Gasteiger charge is 2.32. The van der Waals surface area contributed by atoms with Crippen molar-refractivity contribution in [1.82, 2.24) is 19.8 Å². The quantitative estimate of drug-likeness (QED) is 0.701. The second-order valence-electron chi connectivity index (χ2n) is 8.61. The molecule has 156 valence electrons. The number of hydrogen-bond acceptors (Lipinski definition) is 6. The molecule has 1 atom stereocenters. The molecule has 0 radical (unpaired) electrons. The molecule has 0 spiro atoms. The molecule has 8 nitrogen and oxygen atoms in total. The first-order valence-corrected chi connectivity index (χ1v) is 9.60. The molecule has 0 bridgehead atoms. The van der Waals surface area contributed by atoms with Crippen molar-refractivity contribution < 1.29 is 14.3 Å². The van der Waals surface area contributed by atoms with Gasteiger partial charge in [-0.3, -0.25) is 9.59 Å². The van der Waals surface area contributed by atoms with Gasteiger partial charge in [0.1, 0.15) is 11.6 Å². The molecule has 2 rings (SSSR count). The minimum absolute atomic E-state index is 0.0217. The Bertz CT molecular complexity index is 714. The number of ether oxygens (including phenoxy) is 1. The Morgan fingerprint density at radius 2 is 1.96 bits per heavy atom. The number of hydrogen-bond donors (Lipinski definition) is 0. The van der Waals surface area contributed by atoms with Crippen molar-refractivity contribution in [2.45, 2.75) is 39.7 Å². The molecule has 2 heterocycles. The molecule has 1 saturated heterocycles. The van der Waals surface area contributed by atoms with E-state index in [9.17, 15) is 9.59 Å². The summed E-state index contributed by atoms with van der Waals surface area (Å²) >= 11 is 0. The van der Waals surface area contributed by atoms with E-state index < -0.39 is 5.41 Å². The molecule has 1 aromatic heterocycles. The average Bonchev–Trinajstić information content (AvgIpc) is 2.98. The third-order valence-corrected chi connectivity index (χ3v) is 4.80. The molecule has 1 fully saturated rings. The summed E-state index contributed by atoms with van der Waals surface area (Å²) < 4.78 is 5.09. The van der Waals surface area contributed by atoms with E-state index >= 15 is 0 Å². The topological polar surface area (TPSA) is 78.9 Å². The van der Waals surface area contributed by atoms with Crippen LogP contribution in [0, 0.1) is 5.41 Å². The van der Waals surface area contributed by atoms with Gasteiger partial charge in [-0.2, -0.15) is 0 Å². The Balaban J connectivity index is 2.24. The van der Waals surface area contributed by atoms with Gasteiger partial charge in [0.05, 0.1) is 18.8 Å². The van der Waals surface area contributed by atoms with Gasteiger partial charge in [-0.05, 0) is 0 Å². The van der Waals surface area contributed by atoms with Gasteiger partial charge in [0.2, 0.25) is 11.8 Å². The molecule has 0 aromatic carbocycles. The fourth-order valence-electron chi connectivity index (χ4n) is 3.26. The van der Waals surface area contributed by atoms with Crippen molar-refractivity contribution in [2.75, 3.05) is 52.8 Å². The number of nitrogens with zero attached hydrogens (tertiary/aromatic N) is 5. The van der Waals surface area contributed by atoms with Gasteiger partial charge in [-0.25, -0.2) is 9.97 Å². The molecule has 28 heavy (non-hydrogen) atoms. The first-order valence-electron chi connectivity index (χ1n) is 9.60. The van der Waals surface area contributed by atoms with E-state index in [0.29, 0.717) is 38.5 Å². The Morgan fingerprint density at radius 3 is 2.54 bits per heavy atom. The SMILES string of the molecule is COCCN1C[C@H](c2cc(N(C)C)nc(CN(C)C(=O)C(C)(C)C)n2)CC1=O. The number of carbonyl (C=O) groups excluding carboxylic acids is 2. The van der Waals surface area contributed by atoms with Gasteiger partial charge >= 0.3 is 0 Å². The lowest BCUT2D eigenvalue weighted by atomic mass is 9.95. The maximum Gasteiger partial charge on any atom is 0.228 e. The van der Waals surface area contributed by atoms with Gasteiger partial charge < -0.3 is 19.4 Å². The second-order valence-corrected chi connectivity index (χ2v) is 8.61. The predicted molar refractivity (Wildman–Crippen MR) is 108 cm³/mol. The zero-order chi connectivity index (χ0) is 21.1. The summed E-state index contributed by atoms with van der Waals surface area (Å²) in [6, 6.07) is 1.94. The van der Waals surface area contributed by atoms with E-state index in [2.05, 4.69) is 4.98 Å². The minimum Gasteiger partial charge on any atom is -0.383 e. The van der Waals surface area contributed by atoms with Crippen LogP contribution in [0.15, 0.2) is 6.07 Å². The highest BCUT2D eigenvalue weighted by Crippen LogP contribution is 2.29. The average molecular weight is 392 g/mol. The van der Waals surface area contributed by atoms with Crippen LogP contribution in [-0.4, -0.2) is 79.5 Å². The molecule has 8 heteroatoms. The molecule has 0 N–H and O–H groups in total. The van der Waals surface area contributed by atoms with Crippen LogP contribution in [0.2, 0.25) is 0 Å². The summed E-state index contributed by atoms with van der Waals surface area (Å²) in [6.45, 7) is 7.76. The lowest BCUT2D eigenvalue weighted by molar-refractivity contribution is -0.138. The van der Waals surface area contributed by atoms with E-state index in [1.807, 2.05) is 50.7 Å². The summed E-state index contributed by atoms with van der Waals surface area (Å²) in [5, 5.41) is 0. The van der Waals surface area contributed by atoms with Crippen LogP contribution in [0.25, 0.3) is 0 Å². The maximum absolute atomic E-state index is 12.5. The van der Waals surface area contributed by atoms with Gasteiger partial charge in [-0.15, -0.1) is 0 Å². The van der Waals surface area contributed by atoms with Gasteiger partial charge in [-0.1, -0.05) is 20.8 Å². The molecule has 0 aliphatic carbocycles. The first-order chi connectivity index (χ1) is 13.0. The van der Waals surface area contributed by atoms with Crippen molar-refractivity contribution in [1.29, 1.82) is 0 Å². The molecular formula is C20H33N5O3. The highest BCUT2D eigenvalue weighted by atomic mass is 16.5. The number of anilines is 1.